The van der Waals surface area contributed by atoms with E-state index in [1.807, 2.05) is 37.3 Å². The van der Waals surface area contributed by atoms with Crippen molar-refractivity contribution in [2.45, 2.75) is 19.4 Å². The maximum Gasteiger partial charge on any atom is 0.295 e. The van der Waals surface area contributed by atoms with E-state index in [0.717, 1.165) is 22.4 Å². The van der Waals surface area contributed by atoms with Gasteiger partial charge in [0.2, 0.25) is 11.6 Å². The Kier molecular flexibility index (Phi) is 5.36. The van der Waals surface area contributed by atoms with E-state index >= 15 is 0 Å². The molecule has 3 heterocycles. The number of carbonyl (C=O) groups excluding carboxylic acids is 1. The van der Waals surface area contributed by atoms with Crippen LogP contribution in [0.3, 0.4) is 0 Å². The Hall–Kier alpha value is -3.29. The number of aromatic nitrogens is 4. The number of rotatable bonds is 5. The number of fused-ring (bicyclic) bond motifs is 1. The van der Waals surface area contributed by atoms with Crippen LogP contribution in [-0.2, 0) is 6.54 Å². The highest BCUT2D eigenvalue weighted by atomic mass is 35.5. The number of aryl methyl sites for hydroxylation is 1. The van der Waals surface area contributed by atoms with Gasteiger partial charge in [0, 0.05) is 35.0 Å². The second-order valence-electron chi connectivity index (χ2n) is 7.61. The molecule has 5 rings (SSSR count). The summed E-state index contributed by atoms with van der Waals surface area (Å²) in [6.45, 7) is 3.02. The number of hydrogen-bond donors (Lipinski definition) is 0. The lowest BCUT2D eigenvalue weighted by Crippen LogP contribution is -2.24. The molecule has 2 aromatic heterocycles. The first-order valence-corrected chi connectivity index (χ1v) is 10.7. The lowest BCUT2D eigenvalue weighted by Gasteiger charge is -2.20. The summed E-state index contributed by atoms with van der Waals surface area (Å²) in [5.74, 6) is -0.450. The maximum atomic E-state index is 13.4. The highest BCUT2D eigenvalue weighted by molar-refractivity contribution is 6.35. The van der Waals surface area contributed by atoms with E-state index in [1.54, 1.807) is 18.3 Å². The number of ketones is 1. The second-order valence-corrected chi connectivity index (χ2v) is 8.46. The van der Waals surface area contributed by atoms with Crippen LogP contribution in [0.5, 0.6) is 0 Å². The molecule has 32 heavy (non-hydrogen) atoms. The number of benzene rings is 2. The number of halogens is 2. The molecular weight excluding hydrogens is 449 g/mol. The van der Waals surface area contributed by atoms with Gasteiger partial charge in [0.1, 0.15) is 12.0 Å². The number of nitrogens with zero attached hydrogens (tertiary/aromatic N) is 5. The monoisotopic (exact) mass is 465 g/mol. The topological polar surface area (TPSA) is 85.0 Å². The summed E-state index contributed by atoms with van der Waals surface area (Å²) in [5, 5.41) is 5.09. The van der Waals surface area contributed by atoms with Crippen LogP contribution in [-0.4, -0.2) is 32.4 Å². The van der Waals surface area contributed by atoms with Crippen molar-refractivity contribution in [3.8, 4) is 11.5 Å². The predicted molar refractivity (Wildman–Crippen MR) is 121 cm³/mol. The molecule has 2 aromatic carbocycles. The summed E-state index contributed by atoms with van der Waals surface area (Å²) in [5.41, 5.74) is 4.40. The molecule has 0 radical (unpaired) electrons. The smallest absolute Gasteiger partial charge is 0.295 e. The van der Waals surface area contributed by atoms with Crippen molar-refractivity contribution < 1.29 is 9.32 Å². The largest absolute Gasteiger partial charge is 0.366 e. The van der Waals surface area contributed by atoms with E-state index in [4.69, 9.17) is 27.7 Å². The Labute approximate surface area is 194 Å². The van der Waals surface area contributed by atoms with Gasteiger partial charge in [-0.2, -0.15) is 4.98 Å². The summed E-state index contributed by atoms with van der Waals surface area (Å²) >= 11 is 12.4. The first-order chi connectivity index (χ1) is 15.5. The molecule has 0 N–H and O–H groups in total. The molecule has 0 fully saturated rings. The lowest BCUT2D eigenvalue weighted by atomic mass is 9.95. The summed E-state index contributed by atoms with van der Waals surface area (Å²) < 4.78 is 5.30. The van der Waals surface area contributed by atoms with Crippen molar-refractivity contribution in [2.75, 3.05) is 11.4 Å². The summed E-state index contributed by atoms with van der Waals surface area (Å²) in [6, 6.07) is 13.2. The van der Waals surface area contributed by atoms with E-state index in [9.17, 15) is 4.79 Å². The maximum absolute atomic E-state index is 13.4. The summed E-state index contributed by atoms with van der Waals surface area (Å²) in [7, 11) is 0. The van der Waals surface area contributed by atoms with Gasteiger partial charge >= 0.3 is 0 Å². The Morgan fingerprint density at radius 1 is 1.19 bits per heavy atom. The molecule has 9 heteroatoms. The number of anilines is 1. The van der Waals surface area contributed by atoms with Crippen LogP contribution in [0.4, 0.5) is 5.69 Å². The molecule has 0 amide bonds. The molecule has 0 bridgehead atoms. The van der Waals surface area contributed by atoms with Gasteiger partial charge < -0.3 is 9.42 Å². The quantitative estimate of drug-likeness (QED) is 0.377. The molecule has 0 saturated heterocycles. The first-order valence-electron chi connectivity index (χ1n) is 9.93. The Morgan fingerprint density at radius 2 is 2.06 bits per heavy atom. The van der Waals surface area contributed by atoms with Gasteiger partial charge in [0.15, 0.2) is 0 Å². The minimum atomic E-state index is -0.435. The predicted octanol–water partition coefficient (Wildman–Crippen LogP) is 5.13. The van der Waals surface area contributed by atoms with Crippen molar-refractivity contribution in [1.82, 2.24) is 20.1 Å². The van der Waals surface area contributed by atoms with E-state index in [0.29, 0.717) is 28.8 Å². The van der Waals surface area contributed by atoms with Gasteiger partial charge in [-0.05, 0) is 42.3 Å². The normalized spacial score (nSPS) is 15.1. The van der Waals surface area contributed by atoms with Crippen LogP contribution in [0.15, 0.2) is 59.5 Å². The number of hydrogen-bond acceptors (Lipinski definition) is 7. The van der Waals surface area contributed by atoms with Gasteiger partial charge in [0.05, 0.1) is 5.92 Å². The standard InChI is InChI=1S/C23H17Cl2N5O2/c1-13-2-5-20-16(8-13)17(11-30(20)10-14-3-4-15(24)9-18(14)25)21(31)23-28-22(29-32-23)19-6-7-26-12-27-19/h2-9,12,17H,10-11H2,1H3. The van der Waals surface area contributed by atoms with Gasteiger partial charge in [-0.15, -0.1) is 0 Å². The summed E-state index contributed by atoms with van der Waals surface area (Å²) in [6.07, 6.45) is 2.97. The van der Waals surface area contributed by atoms with Crippen molar-refractivity contribution in [3.05, 3.63) is 87.6 Å². The highest BCUT2D eigenvalue weighted by Crippen LogP contribution is 2.40. The SMILES string of the molecule is Cc1ccc2c(c1)C(C(=O)c1nc(-c3ccncn3)no1)CN2Cc1ccc(Cl)cc1Cl. The van der Waals surface area contributed by atoms with Crippen LogP contribution in [0.1, 0.15) is 33.3 Å². The fraction of sp³-hybridized carbons (Fsp3) is 0.174. The van der Waals surface area contributed by atoms with Crippen LogP contribution in [0.25, 0.3) is 11.5 Å². The van der Waals surface area contributed by atoms with Crippen molar-refractivity contribution in [2.24, 2.45) is 0 Å². The molecule has 1 aliphatic rings. The molecule has 0 spiro atoms. The molecule has 0 saturated carbocycles. The van der Waals surface area contributed by atoms with E-state index in [-0.39, 0.29) is 17.5 Å². The molecule has 0 aliphatic carbocycles. The minimum Gasteiger partial charge on any atom is -0.366 e. The first kappa shape index (κ1) is 20.6. The third kappa shape index (κ3) is 3.85. The third-order valence-corrected chi connectivity index (χ3v) is 6.03. The zero-order valence-corrected chi connectivity index (χ0v) is 18.5. The Bertz CT molecular complexity index is 1310. The molecule has 1 unspecified atom stereocenters. The van der Waals surface area contributed by atoms with Crippen molar-refractivity contribution in [1.29, 1.82) is 0 Å². The molecule has 1 aliphatic heterocycles. The van der Waals surface area contributed by atoms with Gasteiger partial charge in [-0.3, -0.25) is 4.79 Å². The average Bonchev–Trinajstić information content (AvgIpc) is 3.41. The fourth-order valence-corrected chi connectivity index (χ4v) is 4.36. The minimum absolute atomic E-state index is 0.0394. The molecule has 7 nitrogen and oxygen atoms in total. The van der Waals surface area contributed by atoms with Gasteiger partial charge in [0.25, 0.3) is 5.89 Å². The lowest BCUT2D eigenvalue weighted by molar-refractivity contribution is 0.0921. The highest BCUT2D eigenvalue weighted by Gasteiger charge is 2.37. The number of Topliss-reactive ketones (excluding diaryl/α,β-unsaturated/α-hetero) is 1. The Balaban J connectivity index is 1.45. The van der Waals surface area contributed by atoms with Gasteiger partial charge in [-0.25, -0.2) is 9.97 Å². The van der Waals surface area contributed by atoms with E-state index in [2.05, 4.69) is 25.0 Å². The van der Waals surface area contributed by atoms with Crippen molar-refractivity contribution in [3.63, 3.8) is 0 Å². The third-order valence-electron chi connectivity index (χ3n) is 5.44. The molecule has 1 atom stereocenters. The van der Waals surface area contributed by atoms with Crippen LogP contribution in [0.2, 0.25) is 10.0 Å². The van der Waals surface area contributed by atoms with Crippen LogP contribution in [0, 0.1) is 6.92 Å². The zero-order valence-electron chi connectivity index (χ0n) is 17.0. The van der Waals surface area contributed by atoms with Crippen LogP contribution >= 0.6 is 23.2 Å². The number of carbonyl (C=O) groups is 1. The van der Waals surface area contributed by atoms with E-state index in [1.165, 1.54) is 6.33 Å². The molecular formula is C23H17Cl2N5O2. The summed E-state index contributed by atoms with van der Waals surface area (Å²) in [4.78, 5) is 27.8. The van der Waals surface area contributed by atoms with Gasteiger partial charge in [-0.1, -0.05) is 52.1 Å². The zero-order chi connectivity index (χ0) is 22.2. The second kappa shape index (κ2) is 8.33. The van der Waals surface area contributed by atoms with Crippen LogP contribution < -0.4 is 4.90 Å². The van der Waals surface area contributed by atoms with Crippen molar-refractivity contribution >= 4 is 34.7 Å². The molecule has 4 aromatic rings. The Morgan fingerprint density at radius 3 is 2.84 bits per heavy atom. The average molecular weight is 466 g/mol. The van der Waals surface area contributed by atoms with E-state index < -0.39 is 5.92 Å². The molecule has 160 valence electrons. The fourth-order valence-electron chi connectivity index (χ4n) is 3.89.